The SMILES string of the molecule is CCCC1CCC(C2COc3cc(-c4cc(F)c(C(F)(F)Oc5ccc(S(F)(F)(F)(F)F)cc5)c(F)c4)c(F)cc3C2)CC1. The maximum atomic E-state index is 15.2. The van der Waals surface area contributed by atoms with Gasteiger partial charge < -0.3 is 9.47 Å². The first-order valence-corrected chi connectivity index (χ1v) is 16.2. The minimum atomic E-state index is -10.1. The van der Waals surface area contributed by atoms with Gasteiger partial charge in [-0.2, -0.15) is 8.78 Å². The van der Waals surface area contributed by atoms with Crippen LogP contribution in [-0.4, -0.2) is 6.61 Å². The molecule has 13 heteroatoms. The van der Waals surface area contributed by atoms with Crippen LogP contribution in [0.15, 0.2) is 53.4 Å². The zero-order valence-corrected chi connectivity index (χ0v) is 24.3. The molecule has 0 spiro atoms. The van der Waals surface area contributed by atoms with Crippen LogP contribution in [0.5, 0.6) is 11.5 Å². The largest absolute Gasteiger partial charge is 0.493 e. The quantitative estimate of drug-likeness (QED) is 0.225. The van der Waals surface area contributed by atoms with Crippen molar-refractivity contribution in [1.29, 1.82) is 0 Å². The molecule has 1 heterocycles. The van der Waals surface area contributed by atoms with Crippen LogP contribution in [0, 0.1) is 35.2 Å². The van der Waals surface area contributed by atoms with Crippen molar-refractivity contribution in [1.82, 2.24) is 0 Å². The summed E-state index contributed by atoms with van der Waals surface area (Å²) in [7, 11) is -10.1. The second-order valence-electron chi connectivity index (χ2n) is 11.7. The van der Waals surface area contributed by atoms with Gasteiger partial charge in [0.2, 0.25) is 0 Å². The highest BCUT2D eigenvalue weighted by Crippen LogP contribution is 3.02. The van der Waals surface area contributed by atoms with Crippen molar-refractivity contribution in [3.63, 3.8) is 0 Å². The van der Waals surface area contributed by atoms with E-state index in [0.29, 0.717) is 42.4 Å². The Kier molecular flexibility index (Phi) is 7.91. The number of alkyl halides is 2. The number of rotatable bonds is 8. The van der Waals surface area contributed by atoms with Crippen molar-refractivity contribution in [2.75, 3.05) is 6.61 Å². The van der Waals surface area contributed by atoms with Crippen LogP contribution in [0.1, 0.15) is 56.6 Å². The smallest absolute Gasteiger partial charge is 0.432 e. The summed E-state index contributed by atoms with van der Waals surface area (Å²) in [5.74, 6) is -3.85. The van der Waals surface area contributed by atoms with E-state index in [1.165, 1.54) is 18.6 Å². The van der Waals surface area contributed by atoms with Crippen LogP contribution in [-0.2, 0) is 12.5 Å². The summed E-state index contributed by atoms with van der Waals surface area (Å²) in [6.07, 6.45) is 2.61. The number of hydrogen-bond donors (Lipinski definition) is 0. The Morgan fingerprint density at radius 3 is 2.00 bits per heavy atom. The van der Waals surface area contributed by atoms with Crippen LogP contribution < -0.4 is 9.47 Å². The zero-order chi connectivity index (χ0) is 32.1. The molecule has 1 aliphatic heterocycles. The molecular formula is C31H30F10O2S. The molecule has 3 aromatic rings. The number of benzene rings is 3. The fraction of sp³-hybridized carbons (Fsp3) is 0.419. The van der Waals surface area contributed by atoms with Crippen molar-refractivity contribution in [3.05, 3.63) is 77.1 Å². The number of halogens is 10. The summed E-state index contributed by atoms with van der Waals surface area (Å²) in [6.45, 7) is 2.57. The summed E-state index contributed by atoms with van der Waals surface area (Å²) in [5.41, 5.74) is -1.99. The summed E-state index contributed by atoms with van der Waals surface area (Å²) in [5, 5.41) is 0. The van der Waals surface area contributed by atoms with Crippen molar-refractivity contribution in [3.8, 4) is 22.6 Å². The van der Waals surface area contributed by atoms with Crippen LogP contribution in [0.25, 0.3) is 11.1 Å². The lowest BCUT2D eigenvalue weighted by Crippen LogP contribution is -2.31. The average Bonchev–Trinajstić information content (AvgIpc) is 2.91. The van der Waals surface area contributed by atoms with E-state index >= 15 is 4.39 Å². The third kappa shape index (κ3) is 6.92. The number of hydrogen-bond acceptors (Lipinski definition) is 2. The average molecular weight is 657 g/mol. The minimum absolute atomic E-state index is 0.176. The molecule has 2 aliphatic rings. The molecule has 1 fully saturated rings. The summed E-state index contributed by atoms with van der Waals surface area (Å²) >= 11 is 0. The number of ether oxygens (including phenoxy) is 2. The Balaban J connectivity index is 1.34. The Labute approximate surface area is 248 Å². The molecular weight excluding hydrogens is 626 g/mol. The Morgan fingerprint density at radius 2 is 1.43 bits per heavy atom. The van der Waals surface area contributed by atoms with Crippen LogP contribution in [0.2, 0.25) is 0 Å². The van der Waals surface area contributed by atoms with Gasteiger partial charge in [0, 0.05) is 5.56 Å². The fourth-order valence-corrected chi connectivity index (χ4v) is 6.93. The van der Waals surface area contributed by atoms with Gasteiger partial charge in [-0.25, -0.2) is 13.2 Å². The topological polar surface area (TPSA) is 18.5 Å². The molecule has 1 aliphatic carbocycles. The highest BCUT2D eigenvalue weighted by Gasteiger charge is 2.65. The Morgan fingerprint density at radius 1 is 0.818 bits per heavy atom. The first kappa shape index (κ1) is 32.3. The van der Waals surface area contributed by atoms with E-state index < -0.39 is 55.6 Å². The van der Waals surface area contributed by atoms with Gasteiger partial charge in [-0.05, 0) is 96.7 Å². The third-order valence-corrected chi connectivity index (χ3v) is 9.66. The van der Waals surface area contributed by atoms with Gasteiger partial charge in [-0.1, -0.05) is 52.0 Å². The summed E-state index contributed by atoms with van der Waals surface area (Å²) in [6, 6.07) is 3.43. The highest BCUT2D eigenvalue weighted by molar-refractivity contribution is 8.45. The molecule has 0 bridgehead atoms. The Hall–Kier alpha value is -3.09. The van der Waals surface area contributed by atoms with E-state index in [2.05, 4.69) is 11.7 Å². The molecule has 242 valence electrons. The fourth-order valence-electron chi connectivity index (χ4n) is 6.28. The molecule has 1 saturated carbocycles. The maximum Gasteiger partial charge on any atom is 0.432 e. The lowest BCUT2D eigenvalue weighted by atomic mass is 9.72. The first-order chi connectivity index (χ1) is 20.3. The molecule has 0 saturated heterocycles. The normalized spacial score (nSPS) is 22.4. The van der Waals surface area contributed by atoms with Crippen LogP contribution >= 0.6 is 10.2 Å². The van der Waals surface area contributed by atoms with Crippen molar-refractivity contribution >= 4 is 10.2 Å². The first-order valence-electron chi connectivity index (χ1n) is 14.2. The van der Waals surface area contributed by atoms with E-state index in [0.717, 1.165) is 38.0 Å². The third-order valence-electron chi connectivity index (χ3n) is 8.50. The van der Waals surface area contributed by atoms with E-state index in [-0.39, 0.29) is 35.7 Å². The molecule has 1 unspecified atom stereocenters. The highest BCUT2D eigenvalue weighted by atomic mass is 32.5. The molecule has 3 aromatic carbocycles. The van der Waals surface area contributed by atoms with Crippen molar-refractivity contribution < 1.29 is 50.9 Å². The molecule has 1 atom stereocenters. The van der Waals surface area contributed by atoms with Gasteiger partial charge in [-0.15, -0.1) is 0 Å². The second-order valence-corrected chi connectivity index (χ2v) is 14.1. The molecule has 0 amide bonds. The van der Waals surface area contributed by atoms with Gasteiger partial charge in [0.15, 0.2) is 0 Å². The number of fused-ring (bicyclic) bond motifs is 1. The van der Waals surface area contributed by atoms with Gasteiger partial charge in [0.05, 0.1) is 6.61 Å². The Bertz CT molecular complexity index is 1510. The van der Waals surface area contributed by atoms with Gasteiger partial charge >= 0.3 is 16.3 Å². The lowest BCUT2D eigenvalue weighted by Gasteiger charge is -2.40. The van der Waals surface area contributed by atoms with Gasteiger partial charge in [-0.3, -0.25) is 0 Å². The van der Waals surface area contributed by atoms with Crippen LogP contribution in [0.3, 0.4) is 0 Å². The zero-order valence-electron chi connectivity index (χ0n) is 23.5. The van der Waals surface area contributed by atoms with Crippen molar-refractivity contribution in [2.24, 2.45) is 17.8 Å². The van der Waals surface area contributed by atoms with Crippen molar-refractivity contribution in [2.45, 2.75) is 62.9 Å². The van der Waals surface area contributed by atoms with E-state index in [4.69, 9.17) is 4.74 Å². The molecule has 0 aromatic heterocycles. The molecule has 2 nitrogen and oxygen atoms in total. The summed E-state index contributed by atoms with van der Waals surface area (Å²) in [4.78, 5) is -2.36. The standard InChI is InChI=1S/C31H30F10O2S/c1-2-3-18-4-6-19(7-5-18)22-12-21-15-26(32)25(16-29(21)42-17-22)20-13-27(33)30(28(34)14-20)31(35,36)43-23-8-10-24(11-9-23)44(37,38,39,40)41/h8-11,13-16,18-19,22H,2-7,12,17H2,1H3. The van der Waals surface area contributed by atoms with Gasteiger partial charge in [0.25, 0.3) is 0 Å². The monoisotopic (exact) mass is 656 g/mol. The molecule has 0 N–H and O–H groups in total. The van der Waals surface area contributed by atoms with Gasteiger partial charge in [0.1, 0.15) is 39.4 Å². The molecule has 44 heavy (non-hydrogen) atoms. The lowest BCUT2D eigenvalue weighted by molar-refractivity contribution is -0.189. The molecule has 0 radical (unpaired) electrons. The van der Waals surface area contributed by atoms with Crippen LogP contribution in [0.4, 0.5) is 41.4 Å². The van der Waals surface area contributed by atoms with E-state index in [1.807, 2.05) is 0 Å². The predicted octanol–water partition coefficient (Wildman–Crippen LogP) is 11.7. The van der Waals surface area contributed by atoms with E-state index in [9.17, 15) is 37.0 Å². The predicted molar refractivity (Wildman–Crippen MR) is 147 cm³/mol. The summed E-state index contributed by atoms with van der Waals surface area (Å²) < 4.78 is 149. The molecule has 5 rings (SSSR count). The maximum absolute atomic E-state index is 15.2. The minimum Gasteiger partial charge on any atom is -0.493 e. The second kappa shape index (κ2) is 10.8. The van der Waals surface area contributed by atoms with E-state index in [1.54, 1.807) is 0 Å².